The van der Waals surface area contributed by atoms with Crippen LogP contribution in [0.2, 0.25) is 0 Å². The van der Waals surface area contributed by atoms with Gasteiger partial charge in [0.2, 0.25) is 0 Å². The lowest BCUT2D eigenvalue weighted by Gasteiger charge is -2.24. The average molecular weight is 449 g/mol. The Hall–Kier alpha value is -4.20. The van der Waals surface area contributed by atoms with Crippen molar-refractivity contribution in [1.29, 1.82) is 0 Å². The number of ether oxygens (including phenoxy) is 2. The number of furan rings is 1. The van der Waals surface area contributed by atoms with Gasteiger partial charge in [0.15, 0.2) is 0 Å². The predicted octanol–water partition coefficient (Wildman–Crippen LogP) is 4.25. The van der Waals surface area contributed by atoms with Gasteiger partial charge in [-0.3, -0.25) is 14.5 Å². The second-order valence-electron chi connectivity index (χ2n) is 7.68. The summed E-state index contributed by atoms with van der Waals surface area (Å²) >= 11 is 0. The molecule has 0 spiro atoms. The van der Waals surface area contributed by atoms with E-state index >= 15 is 0 Å². The third kappa shape index (κ3) is 3.69. The molecule has 1 aliphatic heterocycles. The molecule has 3 aromatic rings. The number of carbonyl (C=O) groups is 2. The monoisotopic (exact) mass is 449 g/mol. The van der Waals surface area contributed by atoms with Gasteiger partial charge >= 0.3 is 0 Å². The van der Waals surface area contributed by atoms with Crippen LogP contribution in [0.1, 0.15) is 28.7 Å². The van der Waals surface area contributed by atoms with Crippen LogP contribution in [-0.2, 0) is 9.59 Å². The number of amides is 1. The third-order valence-corrected chi connectivity index (χ3v) is 5.53. The number of ketones is 1. The second-order valence-corrected chi connectivity index (χ2v) is 7.68. The van der Waals surface area contributed by atoms with Crippen LogP contribution in [0.5, 0.6) is 17.2 Å². The van der Waals surface area contributed by atoms with Crippen molar-refractivity contribution in [2.45, 2.75) is 19.9 Å². The summed E-state index contributed by atoms with van der Waals surface area (Å²) in [4.78, 5) is 27.6. The number of aromatic hydroxyl groups is 1. The Morgan fingerprint density at radius 2 is 1.76 bits per heavy atom. The SMILES string of the molecule is COc1ccc(OC)c(/C(O)=C2/C(=O)C(=O)N(c3cc(C)ccc3O)C2c2ccc(C)o2)c1. The van der Waals surface area contributed by atoms with Gasteiger partial charge in [-0.1, -0.05) is 6.07 Å². The quantitative estimate of drug-likeness (QED) is 0.340. The number of rotatable bonds is 5. The topological polar surface area (TPSA) is 109 Å². The molecule has 1 amide bonds. The van der Waals surface area contributed by atoms with Crippen LogP contribution in [0.3, 0.4) is 0 Å². The molecule has 2 N–H and O–H groups in total. The van der Waals surface area contributed by atoms with E-state index in [2.05, 4.69) is 0 Å². The van der Waals surface area contributed by atoms with Crippen molar-refractivity contribution in [1.82, 2.24) is 0 Å². The number of Topliss-reactive ketones (excluding diaryl/α,β-unsaturated/α-hetero) is 1. The summed E-state index contributed by atoms with van der Waals surface area (Å²) in [6.07, 6.45) is 0. The molecule has 1 fully saturated rings. The molecule has 33 heavy (non-hydrogen) atoms. The van der Waals surface area contributed by atoms with E-state index in [0.717, 1.165) is 10.5 Å². The zero-order valence-electron chi connectivity index (χ0n) is 18.6. The molecule has 170 valence electrons. The Kier molecular flexibility index (Phi) is 5.59. The molecule has 1 atom stereocenters. The van der Waals surface area contributed by atoms with Crippen LogP contribution < -0.4 is 14.4 Å². The highest BCUT2D eigenvalue weighted by molar-refractivity contribution is 6.51. The van der Waals surface area contributed by atoms with Crippen LogP contribution in [-0.4, -0.2) is 36.1 Å². The van der Waals surface area contributed by atoms with Gasteiger partial charge in [0.05, 0.1) is 31.0 Å². The van der Waals surface area contributed by atoms with E-state index in [1.54, 1.807) is 50.2 Å². The summed E-state index contributed by atoms with van der Waals surface area (Å²) in [6.45, 7) is 3.53. The van der Waals surface area contributed by atoms with Gasteiger partial charge in [0.1, 0.15) is 40.6 Å². The molecule has 4 rings (SSSR count). The van der Waals surface area contributed by atoms with Gasteiger partial charge in [-0.25, -0.2) is 0 Å². The maximum absolute atomic E-state index is 13.2. The Labute approximate surface area is 190 Å². The molecule has 1 unspecified atom stereocenters. The van der Waals surface area contributed by atoms with Gasteiger partial charge in [-0.05, 0) is 61.9 Å². The number of carbonyl (C=O) groups excluding carboxylic acids is 2. The fourth-order valence-corrected chi connectivity index (χ4v) is 3.92. The molecule has 2 heterocycles. The smallest absolute Gasteiger partial charge is 0.300 e. The van der Waals surface area contributed by atoms with Crippen LogP contribution in [0.25, 0.3) is 5.76 Å². The highest BCUT2D eigenvalue weighted by Gasteiger charge is 2.49. The summed E-state index contributed by atoms with van der Waals surface area (Å²) in [7, 11) is 2.89. The summed E-state index contributed by atoms with van der Waals surface area (Å²) in [5.74, 6) is -0.928. The molecular weight excluding hydrogens is 426 g/mol. The number of nitrogens with zero attached hydrogens (tertiary/aromatic N) is 1. The molecule has 1 aromatic heterocycles. The molecular formula is C25H23NO7. The molecule has 0 aliphatic carbocycles. The number of hydrogen-bond donors (Lipinski definition) is 2. The predicted molar refractivity (Wildman–Crippen MR) is 121 cm³/mol. The number of aryl methyl sites for hydroxylation is 2. The fraction of sp³-hybridized carbons (Fsp3) is 0.200. The van der Waals surface area contributed by atoms with E-state index in [-0.39, 0.29) is 34.1 Å². The normalized spacial score (nSPS) is 17.5. The summed E-state index contributed by atoms with van der Waals surface area (Å²) < 4.78 is 16.4. The van der Waals surface area contributed by atoms with Crippen molar-refractivity contribution >= 4 is 23.1 Å². The number of benzene rings is 2. The van der Waals surface area contributed by atoms with Crippen molar-refractivity contribution in [2.24, 2.45) is 0 Å². The first-order valence-corrected chi connectivity index (χ1v) is 10.2. The first-order chi connectivity index (χ1) is 15.8. The lowest BCUT2D eigenvalue weighted by Crippen LogP contribution is -2.29. The number of aliphatic hydroxyl groups is 1. The summed E-state index contributed by atoms with van der Waals surface area (Å²) in [5, 5.41) is 21.8. The Morgan fingerprint density at radius 1 is 1.00 bits per heavy atom. The average Bonchev–Trinajstić information content (AvgIpc) is 3.35. The van der Waals surface area contributed by atoms with Crippen LogP contribution in [0.15, 0.2) is 58.5 Å². The van der Waals surface area contributed by atoms with Crippen LogP contribution in [0, 0.1) is 13.8 Å². The van der Waals surface area contributed by atoms with Crippen LogP contribution >= 0.6 is 0 Å². The summed E-state index contributed by atoms with van der Waals surface area (Å²) in [6, 6.07) is 11.7. The lowest BCUT2D eigenvalue weighted by atomic mass is 9.98. The zero-order valence-corrected chi connectivity index (χ0v) is 18.6. The molecule has 2 aromatic carbocycles. The molecule has 0 saturated carbocycles. The van der Waals surface area contributed by atoms with E-state index < -0.39 is 23.5 Å². The molecule has 0 bridgehead atoms. The minimum atomic E-state index is -1.11. The number of aliphatic hydroxyl groups excluding tert-OH is 1. The maximum Gasteiger partial charge on any atom is 0.300 e. The first kappa shape index (κ1) is 22.0. The van der Waals surface area contributed by atoms with E-state index in [0.29, 0.717) is 11.5 Å². The van der Waals surface area contributed by atoms with Gasteiger partial charge in [-0.15, -0.1) is 0 Å². The number of hydrogen-bond acceptors (Lipinski definition) is 7. The first-order valence-electron chi connectivity index (χ1n) is 10.2. The number of phenolic OH excluding ortho intramolecular Hbond substituents is 1. The van der Waals surface area contributed by atoms with Crippen LogP contribution in [0.4, 0.5) is 5.69 Å². The van der Waals surface area contributed by atoms with Crippen molar-refractivity contribution in [3.05, 3.63) is 76.8 Å². The second kappa shape index (κ2) is 8.38. The van der Waals surface area contributed by atoms with Gasteiger partial charge in [-0.2, -0.15) is 0 Å². The molecule has 8 nitrogen and oxygen atoms in total. The fourth-order valence-electron chi connectivity index (χ4n) is 3.92. The van der Waals surface area contributed by atoms with Crippen molar-refractivity contribution in [2.75, 3.05) is 19.1 Å². The Bertz CT molecular complexity index is 1290. The van der Waals surface area contributed by atoms with Crippen molar-refractivity contribution in [3.63, 3.8) is 0 Å². The maximum atomic E-state index is 13.2. The lowest BCUT2D eigenvalue weighted by molar-refractivity contribution is -0.132. The van der Waals surface area contributed by atoms with E-state index in [4.69, 9.17) is 13.9 Å². The molecule has 0 radical (unpaired) electrons. The number of phenols is 1. The van der Waals surface area contributed by atoms with Gasteiger partial charge in [0.25, 0.3) is 11.7 Å². The standard InChI is InChI=1S/C25H23NO7/c1-13-5-8-18(27)17(11-13)26-22(20-9-6-14(2)33-20)21(24(29)25(26)30)23(28)16-12-15(31-3)7-10-19(16)32-4/h5-12,22,27-28H,1-4H3/b23-21-. The van der Waals surface area contributed by atoms with Gasteiger partial charge < -0.3 is 24.1 Å². The van der Waals surface area contributed by atoms with Crippen molar-refractivity contribution in [3.8, 4) is 17.2 Å². The Balaban J connectivity index is 2.00. The minimum absolute atomic E-state index is 0.132. The third-order valence-electron chi connectivity index (χ3n) is 5.53. The molecule has 1 aliphatic rings. The minimum Gasteiger partial charge on any atom is -0.507 e. The zero-order chi connectivity index (χ0) is 23.9. The Morgan fingerprint density at radius 3 is 2.39 bits per heavy atom. The largest absolute Gasteiger partial charge is 0.507 e. The molecule has 1 saturated heterocycles. The van der Waals surface area contributed by atoms with Gasteiger partial charge in [0, 0.05) is 0 Å². The van der Waals surface area contributed by atoms with E-state index in [1.165, 1.54) is 26.4 Å². The highest BCUT2D eigenvalue weighted by atomic mass is 16.5. The van der Waals surface area contributed by atoms with E-state index in [9.17, 15) is 19.8 Å². The van der Waals surface area contributed by atoms with E-state index in [1.807, 2.05) is 0 Å². The molecule has 8 heteroatoms. The summed E-state index contributed by atoms with van der Waals surface area (Å²) in [5.41, 5.74) is 0.889. The number of anilines is 1. The van der Waals surface area contributed by atoms with Crippen molar-refractivity contribution < 1.29 is 33.7 Å². The highest BCUT2D eigenvalue weighted by Crippen LogP contribution is 2.46. The number of methoxy groups -OCH3 is 2.